The molecule has 0 bridgehead atoms. The van der Waals surface area contributed by atoms with Crippen LogP contribution in [0.2, 0.25) is 0 Å². The Morgan fingerprint density at radius 1 is 0.352 bits per heavy atom. The van der Waals surface area contributed by atoms with Crippen LogP contribution in [0.4, 0.5) is 0 Å². The minimum absolute atomic E-state index is 0.639. The highest BCUT2D eigenvalue weighted by molar-refractivity contribution is 7.25. The van der Waals surface area contributed by atoms with Crippen molar-refractivity contribution in [1.29, 1.82) is 0 Å². The average Bonchev–Trinajstić information content (AvgIpc) is 3.79. The molecule has 0 unspecified atom stereocenters. The van der Waals surface area contributed by atoms with Crippen molar-refractivity contribution >= 4 is 64.1 Å². The standard InChI is InChI=1S/C49H30N4S/c1-3-12-32(13-4-1)47-50-48(35-24-26-44-41(30-35)37-17-7-9-20-43(37)53(44)36-15-5-2-6-16-36)52-49(51-47)39-19-11-14-31-22-23-33(28-40(31)39)34-25-27-46-42(29-34)38-18-8-10-21-45(38)54-46/h1-30H. The maximum Gasteiger partial charge on any atom is 0.164 e. The van der Waals surface area contributed by atoms with Crippen LogP contribution in [0.3, 0.4) is 0 Å². The number of aromatic nitrogens is 4. The van der Waals surface area contributed by atoms with Gasteiger partial charge in [-0.15, -0.1) is 11.3 Å². The van der Waals surface area contributed by atoms with Gasteiger partial charge in [-0.25, -0.2) is 15.0 Å². The molecule has 0 saturated heterocycles. The Labute approximate surface area is 315 Å². The second-order valence-electron chi connectivity index (χ2n) is 13.6. The highest BCUT2D eigenvalue weighted by Crippen LogP contribution is 2.39. The van der Waals surface area contributed by atoms with Crippen LogP contribution >= 0.6 is 11.3 Å². The van der Waals surface area contributed by atoms with E-state index >= 15 is 0 Å². The summed E-state index contributed by atoms with van der Waals surface area (Å²) in [7, 11) is 0. The van der Waals surface area contributed by atoms with Crippen molar-refractivity contribution < 1.29 is 0 Å². The van der Waals surface area contributed by atoms with Gasteiger partial charge >= 0.3 is 0 Å². The van der Waals surface area contributed by atoms with E-state index in [-0.39, 0.29) is 0 Å². The lowest BCUT2D eigenvalue weighted by atomic mass is 9.97. The van der Waals surface area contributed by atoms with E-state index in [1.54, 1.807) is 0 Å². The molecule has 0 amide bonds. The van der Waals surface area contributed by atoms with Crippen molar-refractivity contribution in [2.24, 2.45) is 0 Å². The second-order valence-corrected chi connectivity index (χ2v) is 14.7. The summed E-state index contributed by atoms with van der Waals surface area (Å²) < 4.78 is 4.94. The van der Waals surface area contributed by atoms with Gasteiger partial charge in [0.05, 0.1) is 11.0 Å². The van der Waals surface area contributed by atoms with Crippen LogP contribution in [0.15, 0.2) is 182 Å². The van der Waals surface area contributed by atoms with E-state index in [4.69, 9.17) is 15.0 Å². The largest absolute Gasteiger partial charge is 0.309 e. The molecule has 0 aliphatic carbocycles. The SMILES string of the molecule is c1ccc(-c2nc(-c3ccc4c(c3)c3ccccc3n4-c3ccccc3)nc(-c3cccc4ccc(-c5ccc6sc7ccccc7c6c5)cc34)n2)cc1. The molecule has 4 nitrogen and oxygen atoms in total. The van der Waals surface area contributed by atoms with Gasteiger partial charge in [0.15, 0.2) is 17.5 Å². The Balaban J connectivity index is 1.10. The minimum Gasteiger partial charge on any atom is -0.309 e. The third kappa shape index (κ3) is 5.01. The van der Waals surface area contributed by atoms with E-state index in [9.17, 15) is 0 Å². The maximum atomic E-state index is 5.24. The molecule has 0 fully saturated rings. The van der Waals surface area contributed by atoms with Gasteiger partial charge < -0.3 is 4.57 Å². The Hall–Kier alpha value is -6.95. The molecular formula is C49H30N4S. The van der Waals surface area contributed by atoms with Crippen molar-refractivity contribution in [1.82, 2.24) is 19.5 Å². The van der Waals surface area contributed by atoms with Crippen molar-refractivity contribution in [2.75, 3.05) is 0 Å². The van der Waals surface area contributed by atoms with E-state index in [0.29, 0.717) is 17.5 Å². The first-order valence-corrected chi connectivity index (χ1v) is 18.9. The average molecular weight is 707 g/mol. The molecule has 0 atom stereocenters. The van der Waals surface area contributed by atoms with Crippen LogP contribution in [0, 0.1) is 0 Å². The molecule has 0 aliphatic heterocycles. The van der Waals surface area contributed by atoms with Gasteiger partial charge in [-0.2, -0.15) is 0 Å². The molecule has 0 N–H and O–H groups in total. The molecule has 3 aromatic heterocycles. The highest BCUT2D eigenvalue weighted by Gasteiger charge is 2.18. The van der Waals surface area contributed by atoms with Gasteiger partial charge in [0.25, 0.3) is 0 Å². The van der Waals surface area contributed by atoms with Crippen LogP contribution in [-0.2, 0) is 0 Å². The Bertz CT molecular complexity index is 3220. The summed E-state index contributed by atoms with van der Waals surface area (Å²) in [5.41, 5.74) is 8.63. The smallest absolute Gasteiger partial charge is 0.164 e. The van der Waals surface area contributed by atoms with Crippen LogP contribution in [-0.4, -0.2) is 19.5 Å². The quantitative estimate of drug-likeness (QED) is 0.179. The predicted molar refractivity (Wildman–Crippen MR) is 226 cm³/mol. The molecule has 3 heterocycles. The maximum absolute atomic E-state index is 5.24. The Morgan fingerprint density at radius 3 is 1.81 bits per heavy atom. The molecule has 252 valence electrons. The summed E-state index contributed by atoms with van der Waals surface area (Å²) in [6.45, 7) is 0. The molecule has 0 radical (unpaired) electrons. The number of thiophene rings is 1. The second kappa shape index (κ2) is 12.3. The number of hydrogen-bond donors (Lipinski definition) is 0. The van der Waals surface area contributed by atoms with Gasteiger partial charge in [-0.1, -0.05) is 121 Å². The van der Waals surface area contributed by atoms with E-state index in [1.165, 1.54) is 31.1 Å². The molecule has 5 heteroatoms. The fourth-order valence-corrected chi connectivity index (χ4v) is 8.95. The lowest BCUT2D eigenvalue weighted by molar-refractivity contribution is 1.08. The normalized spacial score (nSPS) is 11.7. The third-order valence-electron chi connectivity index (χ3n) is 10.4. The minimum atomic E-state index is 0.639. The number of para-hydroxylation sites is 2. The summed E-state index contributed by atoms with van der Waals surface area (Å²) >= 11 is 1.84. The topological polar surface area (TPSA) is 43.6 Å². The first-order valence-electron chi connectivity index (χ1n) is 18.1. The van der Waals surface area contributed by atoms with Gasteiger partial charge in [-0.05, 0) is 82.6 Å². The molecule has 0 spiro atoms. The zero-order valence-electron chi connectivity index (χ0n) is 29.0. The number of nitrogens with zero attached hydrogens (tertiary/aromatic N) is 4. The first-order chi connectivity index (χ1) is 26.7. The van der Waals surface area contributed by atoms with Crippen LogP contribution in [0.25, 0.3) is 104 Å². The van der Waals surface area contributed by atoms with Crippen LogP contribution in [0.5, 0.6) is 0 Å². The zero-order valence-corrected chi connectivity index (χ0v) is 29.8. The number of benzene rings is 8. The summed E-state index contributed by atoms with van der Waals surface area (Å²) in [6.07, 6.45) is 0. The molecule has 11 rings (SSSR count). The van der Waals surface area contributed by atoms with Gasteiger partial charge in [-0.3, -0.25) is 0 Å². The molecular weight excluding hydrogens is 677 g/mol. The Kier molecular flexibility index (Phi) is 7.00. The predicted octanol–water partition coefficient (Wildman–Crippen LogP) is 13.2. The number of hydrogen-bond acceptors (Lipinski definition) is 4. The highest BCUT2D eigenvalue weighted by atomic mass is 32.1. The van der Waals surface area contributed by atoms with E-state index in [2.05, 4.69) is 168 Å². The molecule has 11 aromatic rings. The van der Waals surface area contributed by atoms with Crippen molar-refractivity contribution in [3.63, 3.8) is 0 Å². The Morgan fingerprint density at radius 2 is 0.963 bits per heavy atom. The van der Waals surface area contributed by atoms with Crippen molar-refractivity contribution in [3.8, 4) is 51.0 Å². The summed E-state index contributed by atoms with van der Waals surface area (Å²) in [5, 5.41) is 7.17. The molecule has 54 heavy (non-hydrogen) atoms. The third-order valence-corrected chi connectivity index (χ3v) is 11.6. The van der Waals surface area contributed by atoms with E-state index in [1.807, 2.05) is 29.5 Å². The molecule has 0 saturated carbocycles. The first kappa shape index (κ1) is 30.7. The van der Waals surface area contributed by atoms with Gasteiger partial charge in [0.2, 0.25) is 0 Å². The summed E-state index contributed by atoms with van der Waals surface area (Å²) in [6, 6.07) is 64.5. The number of rotatable bonds is 5. The van der Waals surface area contributed by atoms with Crippen LogP contribution in [0.1, 0.15) is 0 Å². The summed E-state index contributed by atoms with van der Waals surface area (Å²) in [5.74, 6) is 1.93. The molecule has 8 aromatic carbocycles. The fraction of sp³-hybridized carbons (Fsp3) is 0. The monoisotopic (exact) mass is 706 g/mol. The van der Waals surface area contributed by atoms with Crippen LogP contribution < -0.4 is 0 Å². The summed E-state index contributed by atoms with van der Waals surface area (Å²) in [4.78, 5) is 15.5. The van der Waals surface area contributed by atoms with E-state index in [0.717, 1.165) is 55.1 Å². The number of fused-ring (bicyclic) bond motifs is 7. The van der Waals surface area contributed by atoms with E-state index < -0.39 is 0 Å². The fourth-order valence-electron chi connectivity index (χ4n) is 7.86. The van der Waals surface area contributed by atoms with Gasteiger partial charge in [0.1, 0.15) is 0 Å². The van der Waals surface area contributed by atoms with Crippen molar-refractivity contribution in [2.45, 2.75) is 0 Å². The van der Waals surface area contributed by atoms with Crippen molar-refractivity contribution in [3.05, 3.63) is 182 Å². The lowest BCUT2D eigenvalue weighted by Crippen LogP contribution is -2.00. The molecule has 0 aliphatic rings. The van der Waals surface area contributed by atoms with Gasteiger partial charge in [0, 0.05) is 53.3 Å². The lowest BCUT2D eigenvalue weighted by Gasteiger charge is -2.12. The zero-order chi connectivity index (χ0) is 35.6.